The summed E-state index contributed by atoms with van der Waals surface area (Å²) in [5.41, 5.74) is 4.77. The third-order valence-corrected chi connectivity index (χ3v) is 1.39. The normalized spacial score (nSPS) is 12.2. The van der Waals surface area contributed by atoms with Gasteiger partial charge in [0.25, 0.3) is 0 Å². The minimum atomic E-state index is -0.802. The highest BCUT2D eigenvalue weighted by Crippen LogP contribution is 1.91. The Hall–Kier alpha value is -1.10. The molecular formula is C7H15N3O2. The number of hydrogen-bond donors (Lipinski definition) is 3. The average molecular weight is 173 g/mol. The first-order chi connectivity index (χ1) is 5.57. The molecule has 0 aromatic heterocycles. The van der Waals surface area contributed by atoms with Gasteiger partial charge in [0.1, 0.15) is 0 Å². The van der Waals surface area contributed by atoms with Crippen LogP contribution in [-0.2, 0) is 4.79 Å². The van der Waals surface area contributed by atoms with Crippen LogP contribution in [0.3, 0.4) is 0 Å². The summed E-state index contributed by atoms with van der Waals surface area (Å²) in [4.78, 5) is 21.3. The van der Waals surface area contributed by atoms with Crippen LogP contribution in [0, 0.1) is 5.92 Å². The monoisotopic (exact) mass is 173 g/mol. The summed E-state index contributed by atoms with van der Waals surface area (Å²) in [6, 6.07) is -0.802. The zero-order chi connectivity index (χ0) is 9.56. The topological polar surface area (TPSA) is 84.2 Å². The molecule has 1 unspecified atom stereocenters. The predicted molar refractivity (Wildman–Crippen MR) is 45.4 cm³/mol. The molecule has 0 aromatic rings. The van der Waals surface area contributed by atoms with Gasteiger partial charge >= 0.3 is 6.03 Å². The molecule has 0 aliphatic carbocycles. The summed E-state index contributed by atoms with van der Waals surface area (Å²) in [6.45, 7) is 5.02. The van der Waals surface area contributed by atoms with Crippen molar-refractivity contribution >= 4 is 11.9 Å². The first-order valence-corrected chi connectivity index (χ1v) is 3.89. The van der Waals surface area contributed by atoms with Crippen LogP contribution in [0.2, 0.25) is 0 Å². The van der Waals surface area contributed by atoms with E-state index in [1.807, 2.05) is 12.2 Å². The Kier molecular flexibility index (Phi) is 5.03. The largest absolute Gasteiger partial charge is 0.351 e. The Morgan fingerprint density at radius 3 is 2.50 bits per heavy atom. The van der Waals surface area contributed by atoms with E-state index in [0.717, 1.165) is 6.54 Å². The predicted octanol–water partition coefficient (Wildman–Crippen LogP) is -0.573. The number of hydrogen-bond acceptors (Lipinski definition) is 3. The fourth-order valence-electron chi connectivity index (χ4n) is 0.698. The summed E-state index contributed by atoms with van der Waals surface area (Å²) in [5.74, 6) is -0.582. The minimum absolute atomic E-state index is 0.238. The number of amides is 3. The number of imide groups is 1. The molecule has 3 amide bonds. The number of rotatable bonds is 4. The zero-order valence-electron chi connectivity index (χ0n) is 7.39. The van der Waals surface area contributed by atoms with E-state index in [-0.39, 0.29) is 11.8 Å². The van der Waals surface area contributed by atoms with E-state index in [1.165, 1.54) is 0 Å². The molecule has 0 bridgehead atoms. The van der Waals surface area contributed by atoms with E-state index in [4.69, 9.17) is 5.73 Å². The van der Waals surface area contributed by atoms with Crippen LogP contribution in [0.15, 0.2) is 0 Å². The Labute approximate surface area is 71.7 Å². The van der Waals surface area contributed by atoms with Gasteiger partial charge in [0.15, 0.2) is 0 Å². The molecule has 1 atom stereocenters. The molecule has 0 aliphatic rings. The summed E-state index contributed by atoms with van der Waals surface area (Å²) in [5, 5.41) is 5.00. The lowest BCUT2D eigenvalue weighted by Crippen LogP contribution is -2.41. The average Bonchev–Trinajstić information content (AvgIpc) is 1.98. The SMILES string of the molecule is CCNCC(C)C(=O)NC(N)=O. The first kappa shape index (κ1) is 10.9. The molecule has 5 heteroatoms. The van der Waals surface area contributed by atoms with Crippen molar-refractivity contribution in [2.24, 2.45) is 11.7 Å². The van der Waals surface area contributed by atoms with Gasteiger partial charge in [0.2, 0.25) is 5.91 Å². The Morgan fingerprint density at radius 2 is 2.08 bits per heavy atom. The first-order valence-electron chi connectivity index (χ1n) is 3.89. The standard InChI is InChI=1S/C7H15N3O2/c1-3-9-4-5(2)6(11)10-7(8)12/h5,9H,3-4H2,1-2H3,(H3,8,10,11,12). The number of nitrogens with one attached hydrogen (secondary N) is 2. The Balaban J connectivity index is 3.69. The van der Waals surface area contributed by atoms with Crippen molar-refractivity contribution in [2.45, 2.75) is 13.8 Å². The van der Waals surface area contributed by atoms with Crippen molar-refractivity contribution in [2.75, 3.05) is 13.1 Å². The highest BCUT2D eigenvalue weighted by atomic mass is 16.2. The zero-order valence-corrected chi connectivity index (χ0v) is 7.39. The maximum Gasteiger partial charge on any atom is 0.318 e. The molecule has 12 heavy (non-hydrogen) atoms. The van der Waals surface area contributed by atoms with Gasteiger partial charge in [-0.15, -0.1) is 0 Å². The summed E-state index contributed by atoms with van der Waals surface area (Å²) in [6.07, 6.45) is 0. The van der Waals surface area contributed by atoms with Crippen LogP contribution in [0.25, 0.3) is 0 Å². The fraction of sp³-hybridized carbons (Fsp3) is 0.714. The lowest BCUT2D eigenvalue weighted by atomic mass is 10.1. The van der Waals surface area contributed by atoms with Crippen molar-refractivity contribution < 1.29 is 9.59 Å². The highest BCUT2D eigenvalue weighted by Gasteiger charge is 2.12. The van der Waals surface area contributed by atoms with Gasteiger partial charge in [0, 0.05) is 12.5 Å². The van der Waals surface area contributed by atoms with Crippen LogP contribution in [-0.4, -0.2) is 25.0 Å². The molecule has 0 spiro atoms. The van der Waals surface area contributed by atoms with E-state index in [1.54, 1.807) is 6.92 Å². The minimum Gasteiger partial charge on any atom is -0.351 e. The van der Waals surface area contributed by atoms with Gasteiger partial charge in [-0.2, -0.15) is 0 Å². The van der Waals surface area contributed by atoms with E-state index in [2.05, 4.69) is 5.32 Å². The van der Waals surface area contributed by atoms with Crippen molar-refractivity contribution in [1.29, 1.82) is 0 Å². The van der Waals surface area contributed by atoms with Gasteiger partial charge in [-0.3, -0.25) is 10.1 Å². The van der Waals surface area contributed by atoms with Crippen molar-refractivity contribution in [3.63, 3.8) is 0 Å². The number of nitrogens with two attached hydrogens (primary N) is 1. The lowest BCUT2D eigenvalue weighted by molar-refractivity contribution is -0.123. The third-order valence-electron chi connectivity index (χ3n) is 1.39. The molecule has 0 saturated carbocycles. The molecule has 0 rings (SSSR count). The second kappa shape index (κ2) is 5.54. The maximum absolute atomic E-state index is 11.0. The van der Waals surface area contributed by atoms with Gasteiger partial charge in [-0.05, 0) is 6.54 Å². The molecule has 0 saturated heterocycles. The molecule has 0 aromatic carbocycles. The van der Waals surface area contributed by atoms with Crippen LogP contribution in [0.5, 0.6) is 0 Å². The Bertz CT molecular complexity index is 170. The van der Waals surface area contributed by atoms with Crippen LogP contribution in [0.1, 0.15) is 13.8 Å². The third kappa shape index (κ3) is 4.68. The number of urea groups is 1. The Morgan fingerprint density at radius 1 is 1.50 bits per heavy atom. The van der Waals surface area contributed by atoms with E-state index in [9.17, 15) is 9.59 Å². The molecular weight excluding hydrogens is 158 g/mol. The number of carbonyl (C=O) groups is 2. The van der Waals surface area contributed by atoms with E-state index in [0.29, 0.717) is 6.54 Å². The summed E-state index contributed by atoms with van der Waals surface area (Å²) >= 11 is 0. The lowest BCUT2D eigenvalue weighted by Gasteiger charge is -2.09. The van der Waals surface area contributed by atoms with Crippen LogP contribution < -0.4 is 16.4 Å². The van der Waals surface area contributed by atoms with Crippen molar-refractivity contribution in [3.8, 4) is 0 Å². The molecule has 4 N–H and O–H groups in total. The van der Waals surface area contributed by atoms with E-state index >= 15 is 0 Å². The molecule has 5 nitrogen and oxygen atoms in total. The number of carbonyl (C=O) groups excluding carboxylic acids is 2. The number of primary amides is 1. The summed E-state index contributed by atoms with van der Waals surface area (Å²) in [7, 11) is 0. The molecule has 0 heterocycles. The molecule has 70 valence electrons. The van der Waals surface area contributed by atoms with Gasteiger partial charge in [-0.25, -0.2) is 4.79 Å². The summed E-state index contributed by atoms with van der Waals surface area (Å²) < 4.78 is 0. The van der Waals surface area contributed by atoms with Crippen molar-refractivity contribution in [1.82, 2.24) is 10.6 Å². The fourth-order valence-corrected chi connectivity index (χ4v) is 0.698. The molecule has 0 fully saturated rings. The van der Waals surface area contributed by atoms with Crippen molar-refractivity contribution in [3.05, 3.63) is 0 Å². The maximum atomic E-state index is 11.0. The smallest absolute Gasteiger partial charge is 0.318 e. The van der Waals surface area contributed by atoms with Crippen LogP contribution in [0.4, 0.5) is 4.79 Å². The quantitative estimate of drug-likeness (QED) is 0.532. The second-order valence-corrected chi connectivity index (χ2v) is 2.56. The molecule has 0 radical (unpaired) electrons. The van der Waals surface area contributed by atoms with Gasteiger partial charge in [-0.1, -0.05) is 13.8 Å². The van der Waals surface area contributed by atoms with Gasteiger partial charge in [0.05, 0.1) is 0 Å². The molecule has 0 aliphatic heterocycles. The van der Waals surface area contributed by atoms with Gasteiger partial charge < -0.3 is 11.1 Å². The second-order valence-electron chi connectivity index (χ2n) is 2.56. The van der Waals surface area contributed by atoms with Crippen LogP contribution >= 0.6 is 0 Å². The van der Waals surface area contributed by atoms with E-state index < -0.39 is 6.03 Å². The highest BCUT2D eigenvalue weighted by molar-refractivity contribution is 5.94.